The fourth-order valence-electron chi connectivity index (χ4n) is 0. The van der Waals surface area contributed by atoms with Crippen LogP contribution >= 0.6 is 27.7 Å². The first-order chi connectivity index (χ1) is 2.00. The summed E-state index contributed by atoms with van der Waals surface area (Å²) in [4.78, 5) is 0. The van der Waals surface area contributed by atoms with Crippen molar-refractivity contribution in [3.63, 3.8) is 0 Å². The molecule has 3 unspecified atom stereocenters. The molecule has 34 valence electrons. The quantitative estimate of drug-likeness (QED) is 0.383. The van der Waals surface area contributed by atoms with Gasteiger partial charge in [-0.2, -0.15) is 0 Å². The SMILES string of the molecule is NC(P)(P)P.[KH]. The molecule has 0 heterocycles. The van der Waals surface area contributed by atoms with Crippen molar-refractivity contribution in [3.05, 3.63) is 0 Å². The zero-order chi connectivity index (χ0) is 4.50. The molecule has 2 N–H and O–H groups in total. The summed E-state index contributed by atoms with van der Waals surface area (Å²) in [5.74, 6) is 0. The molecule has 0 fully saturated rings. The van der Waals surface area contributed by atoms with E-state index in [9.17, 15) is 0 Å². The number of hydrogen-bond acceptors (Lipinski definition) is 1. The Hall–Kier alpha value is 2.89. The first kappa shape index (κ1) is 11.7. The second-order valence-electron chi connectivity index (χ2n) is 1.00. The van der Waals surface area contributed by atoms with Crippen molar-refractivity contribution in [2.45, 2.75) is 4.76 Å². The zero-order valence-corrected chi connectivity index (χ0v) is 6.27. The van der Waals surface area contributed by atoms with Gasteiger partial charge in [0.05, 0.1) is 4.76 Å². The van der Waals surface area contributed by atoms with Gasteiger partial charge in [0, 0.05) is 0 Å². The Bertz CT molecular complexity index is 26.3. The van der Waals surface area contributed by atoms with Crippen molar-refractivity contribution >= 4 is 79.1 Å². The van der Waals surface area contributed by atoms with Crippen molar-refractivity contribution in [1.29, 1.82) is 0 Å². The molecule has 0 amide bonds. The molecule has 0 saturated carbocycles. The molecule has 0 aromatic heterocycles. The minimum atomic E-state index is -0.250. The summed E-state index contributed by atoms with van der Waals surface area (Å²) in [6.45, 7) is 0. The van der Waals surface area contributed by atoms with Crippen molar-refractivity contribution < 1.29 is 0 Å². The fraction of sp³-hybridized carbons (Fsp3) is 1.00. The van der Waals surface area contributed by atoms with Gasteiger partial charge in [-0.05, 0) is 0 Å². The van der Waals surface area contributed by atoms with E-state index < -0.39 is 0 Å². The molecule has 0 aliphatic carbocycles. The monoisotopic (exact) mass is 167 g/mol. The van der Waals surface area contributed by atoms with E-state index in [1.807, 2.05) is 0 Å². The van der Waals surface area contributed by atoms with Crippen molar-refractivity contribution in [2.24, 2.45) is 5.73 Å². The number of nitrogens with two attached hydrogens (primary N) is 1. The molecule has 1 nitrogen and oxygen atoms in total. The third-order valence-electron chi connectivity index (χ3n) is 0. The molecule has 0 radical (unpaired) electrons. The summed E-state index contributed by atoms with van der Waals surface area (Å²) in [7, 11) is 7.26. The van der Waals surface area contributed by atoms with Crippen molar-refractivity contribution in [3.8, 4) is 0 Å². The van der Waals surface area contributed by atoms with E-state index in [4.69, 9.17) is 5.73 Å². The van der Waals surface area contributed by atoms with E-state index in [0.717, 1.165) is 0 Å². The molecule has 0 aliphatic heterocycles. The zero-order valence-electron chi connectivity index (χ0n) is 2.81. The summed E-state index contributed by atoms with van der Waals surface area (Å²) in [5, 5.41) is 0. The Kier molecular flexibility index (Phi) is 9.20. The maximum atomic E-state index is 5.24. The predicted octanol–water partition coefficient (Wildman–Crippen LogP) is -0.467. The minimum absolute atomic E-state index is 0. The van der Waals surface area contributed by atoms with E-state index in [-0.39, 0.29) is 56.1 Å². The van der Waals surface area contributed by atoms with Gasteiger partial charge in [-0.3, -0.25) is 0 Å². The van der Waals surface area contributed by atoms with E-state index in [1.54, 1.807) is 0 Å². The molecule has 3 atom stereocenters. The molecular weight excluding hydrogens is 158 g/mol. The molecule has 0 bridgehead atoms. The van der Waals surface area contributed by atoms with Crippen molar-refractivity contribution in [1.82, 2.24) is 0 Å². The summed E-state index contributed by atoms with van der Waals surface area (Å²) >= 11 is 0. The van der Waals surface area contributed by atoms with E-state index >= 15 is 0 Å². The molecule has 0 aromatic carbocycles. The summed E-state index contributed by atoms with van der Waals surface area (Å²) in [6, 6.07) is 0. The molecule has 0 aromatic rings. The average molecular weight is 167 g/mol. The van der Waals surface area contributed by atoms with Crippen LogP contribution in [-0.4, -0.2) is 56.1 Å². The molecule has 0 spiro atoms. The number of rotatable bonds is 0. The van der Waals surface area contributed by atoms with Crippen LogP contribution in [0.3, 0.4) is 0 Å². The average Bonchev–Trinajstić information content (AvgIpc) is 0.722. The van der Waals surface area contributed by atoms with Gasteiger partial charge >= 0.3 is 51.4 Å². The standard InChI is InChI=1S/CH8NP3.K.H/c2-1(3,4)5;;/h2-5H2;;. The van der Waals surface area contributed by atoms with Crippen LogP contribution in [0.5, 0.6) is 0 Å². The van der Waals surface area contributed by atoms with Crippen LogP contribution in [0.4, 0.5) is 0 Å². The van der Waals surface area contributed by atoms with Gasteiger partial charge in [-0.25, -0.2) is 0 Å². The van der Waals surface area contributed by atoms with Gasteiger partial charge in [-0.1, -0.05) is 0 Å². The molecule has 0 aliphatic rings. The van der Waals surface area contributed by atoms with E-state index in [2.05, 4.69) is 27.7 Å². The van der Waals surface area contributed by atoms with Gasteiger partial charge in [0.15, 0.2) is 0 Å². The third kappa shape index (κ3) is 28.6. The van der Waals surface area contributed by atoms with Gasteiger partial charge in [0.25, 0.3) is 0 Å². The fourth-order valence-corrected chi connectivity index (χ4v) is 0. The normalized spacial score (nSPS) is 10.0. The summed E-state index contributed by atoms with van der Waals surface area (Å²) < 4.78 is -0.250. The summed E-state index contributed by atoms with van der Waals surface area (Å²) in [5.41, 5.74) is 5.24. The topological polar surface area (TPSA) is 26.0 Å². The Labute approximate surface area is 88.0 Å². The van der Waals surface area contributed by atoms with Crippen molar-refractivity contribution in [2.75, 3.05) is 0 Å². The van der Waals surface area contributed by atoms with Crippen LogP contribution in [0.15, 0.2) is 0 Å². The molecule has 0 rings (SSSR count). The second kappa shape index (κ2) is 4.74. The van der Waals surface area contributed by atoms with E-state index in [1.165, 1.54) is 0 Å². The Morgan fingerprint density at radius 3 is 1.17 bits per heavy atom. The molecule has 5 heteroatoms. The Morgan fingerprint density at radius 2 is 1.17 bits per heavy atom. The van der Waals surface area contributed by atoms with Crippen LogP contribution in [0.2, 0.25) is 0 Å². The molecule has 0 saturated heterocycles. The second-order valence-corrected chi connectivity index (χ2v) is 6.00. The molecular formula is CH9KNP3. The molecule has 6 heavy (non-hydrogen) atoms. The maximum absolute atomic E-state index is 5.24. The first-order valence-corrected chi connectivity index (χ1v) is 2.89. The Balaban J connectivity index is 0. The van der Waals surface area contributed by atoms with Gasteiger partial charge in [0.1, 0.15) is 0 Å². The number of hydrogen-bond donors (Lipinski definition) is 1. The van der Waals surface area contributed by atoms with E-state index in [0.29, 0.717) is 0 Å². The predicted molar refractivity (Wildman–Crippen MR) is 43.2 cm³/mol. The first-order valence-electron chi connectivity index (χ1n) is 1.15. The van der Waals surface area contributed by atoms with Crippen LogP contribution in [0, 0.1) is 0 Å². The Morgan fingerprint density at radius 1 is 1.17 bits per heavy atom. The van der Waals surface area contributed by atoms with Crippen LogP contribution in [0.25, 0.3) is 0 Å². The van der Waals surface area contributed by atoms with Gasteiger partial charge in [-0.15, -0.1) is 27.7 Å². The van der Waals surface area contributed by atoms with Gasteiger partial charge < -0.3 is 5.73 Å². The van der Waals surface area contributed by atoms with Crippen LogP contribution in [0.1, 0.15) is 0 Å². The third-order valence-corrected chi connectivity index (χ3v) is 0. The van der Waals surface area contributed by atoms with Crippen LogP contribution < -0.4 is 5.73 Å². The van der Waals surface area contributed by atoms with Crippen LogP contribution in [-0.2, 0) is 0 Å². The summed E-state index contributed by atoms with van der Waals surface area (Å²) in [6.07, 6.45) is 0. The van der Waals surface area contributed by atoms with Gasteiger partial charge in [0.2, 0.25) is 0 Å².